The highest BCUT2D eigenvalue weighted by molar-refractivity contribution is 5.73. The van der Waals surface area contributed by atoms with Gasteiger partial charge in [-0.25, -0.2) is 9.97 Å². The monoisotopic (exact) mass is 469 g/mol. The predicted molar refractivity (Wildman–Crippen MR) is 129 cm³/mol. The summed E-state index contributed by atoms with van der Waals surface area (Å²) in [4.78, 5) is 23.9. The number of hydrogen-bond donors (Lipinski definition) is 3. The molecule has 3 heterocycles. The normalized spacial score (nSPS) is 11.2. The summed E-state index contributed by atoms with van der Waals surface area (Å²) in [6.45, 7) is 3.94. The Bertz CT molecular complexity index is 1410. The second kappa shape index (κ2) is 9.70. The number of nitrogens with one attached hydrogen (secondary N) is 1. The quantitative estimate of drug-likeness (QED) is 0.348. The minimum Gasteiger partial charge on any atom is -0.480 e. The number of aliphatic carboxylic acids is 1. The number of carboxylic acid groups (broad SMARTS) is 1. The molecule has 0 aliphatic carbocycles. The number of carboxylic acids is 1. The molecule has 0 atom stereocenters. The first-order valence-corrected chi connectivity index (χ1v) is 10.8. The lowest BCUT2D eigenvalue weighted by Gasteiger charge is -2.15. The molecule has 4 N–H and O–H groups in total. The predicted octanol–water partition coefficient (Wildman–Crippen LogP) is 3.42. The highest BCUT2D eigenvalue weighted by Gasteiger charge is 2.22. The van der Waals surface area contributed by atoms with E-state index < -0.39 is 11.4 Å². The Morgan fingerprint density at radius 3 is 2.63 bits per heavy atom. The summed E-state index contributed by atoms with van der Waals surface area (Å²) in [6, 6.07) is 15.1. The van der Waals surface area contributed by atoms with Gasteiger partial charge in [-0.1, -0.05) is 29.4 Å². The molecule has 0 unspecified atom stereocenters. The van der Waals surface area contributed by atoms with Crippen molar-refractivity contribution in [2.24, 2.45) is 0 Å². The van der Waals surface area contributed by atoms with Crippen LogP contribution in [0.4, 0.5) is 5.82 Å². The van der Waals surface area contributed by atoms with E-state index in [2.05, 4.69) is 31.5 Å². The molecular formula is C25H23N7O3. The van der Waals surface area contributed by atoms with Gasteiger partial charge in [0.1, 0.15) is 5.69 Å². The van der Waals surface area contributed by atoms with Crippen molar-refractivity contribution in [3.63, 3.8) is 0 Å². The van der Waals surface area contributed by atoms with Gasteiger partial charge in [-0.2, -0.15) is 5.26 Å². The van der Waals surface area contributed by atoms with Gasteiger partial charge in [0.15, 0.2) is 17.3 Å². The number of nitriles is 1. The summed E-state index contributed by atoms with van der Waals surface area (Å²) in [7, 11) is 0. The Labute approximate surface area is 201 Å². The molecule has 0 spiro atoms. The molecule has 0 aliphatic rings. The fourth-order valence-corrected chi connectivity index (χ4v) is 3.34. The number of anilines is 1. The smallest absolute Gasteiger partial charge is 0.317 e. The van der Waals surface area contributed by atoms with E-state index in [9.17, 15) is 10.1 Å². The van der Waals surface area contributed by atoms with Crippen molar-refractivity contribution in [2.75, 3.05) is 12.3 Å². The van der Waals surface area contributed by atoms with Gasteiger partial charge < -0.3 is 20.7 Å². The zero-order valence-electron chi connectivity index (χ0n) is 19.2. The van der Waals surface area contributed by atoms with Gasteiger partial charge >= 0.3 is 5.97 Å². The summed E-state index contributed by atoms with van der Waals surface area (Å²) >= 11 is 0. The van der Waals surface area contributed by atoms with E-state index in [-0.39, 0.29) is 12.4 Å². The molecule has 1 aromatic carbocycles. The first-order valence-electron chi connectivity index (χ1n) is 10.8. The van der Waals surface area contributed by atoms with Crippen molar-refractivity contribution in [3.05, 3.63) is 66.1 Å². The molecule has 3 aromatic heterocycles. The van der Waals surface area contributed by atoms with E-state index in [1.54, 1.807) is 38.4 Å². The van der Waals surface area contributed by atoms with Crippen LogP contribution in [-0.4, -0.2) is 37.7 Å². The third-order valence-corrected chi connectivity index (χ3v) is 5.37. The molecule has 0 saturated carbocycles. The Morgan fingerprint density at radius 1 is 1.14 bits per heavy atom. The molecular weight excluding hydrogens is 446 g/mol. The number of benzene rings is 1. The Hall–Kier alpha value is -4.62. The minimum atomic E-state index is -0.904. The summed E-state index contributed by atoms with van der Waals surface area (Å²) in [6.07, 6.45) is 3.20. The highest BCUT2D eigenvalue weighted by atomic mass is 16.5. The standard InChI is InChI=1S/C25H23N7O3/c1-25(2,14-26)21-9-17(7-8-29-21)19-12-30-24(27)23(31-19)20-10-18(32-35-20)16-5-3-15(4-6-16)11-28-13-22(33)34/h3-10,12,28H,11,13H2,1-2H3,(H2,27,30)(H,33,34). The van der Waals surface area contributed by atoms with Crippen LogP contribution in [0.15, 0.2) is 59.4 Å². The van der Waals surface area contributed by atoms with Crippen molar-refractivity contribution in [1.29, 1.82) is 5.26 Å². The molecule has 0 radical (unpaired) electrons. The number of nitrogens with two attached hydrogens (primary N) is 1. The van der Waals surface area contributed by atoms with Crippen LogP contribution in [0.25, 0.3) is 34.0 Å². The van der Waals surface area contributed by atoms with Crippen molar-refractivity contribution in [1.82, 2.24) is 25.4 Å². The lowest BCUT2D eigenvalue weighted by atomic mass is 9.90. The lowest BCUT2D eigenvalue weighted by molar-refractivity contribution is -0.136. The van der Waals surface area contributed by atoms with Crippen molar-refractivity contribution < 1.29 is 14.4 Å². The van der Waals surface area contributed by atoms with Crippen molar-refractivity contribution >= 4 is 11.8 Å². The van der Waals surface area contributed by atoms with Crippen LogP contribution >= 0.6 is 0 Å². The largest absolute Gasteiger partial charge is 0.480 e. The summed E-state index contributed by atoms with van der Waals surface area (Å²) in [5.74, 6) is -0.341. The van der Waals surface area contributed by atoms with Crippen LogP contribution in [0.3, 0.4) is 0 Å². The van der Waals surface area contributed by atoms with Gasteiger partial charge in [-0.15, -0.1) is 0 Å². The van der Waals surface area contributed by atoms with Gasteiger partial charge in [0.2, 0.25) is 0 Å². The lowest BCUT2D eigenvalue weighted by Crippen LogP contribution is -2.21. The first kappa shape index (κ1) is 23.5. The second-order valence-corrected chi connectivity index (χ2v) is 8.43. The Balaban J connectivity index is 1.58. The van der Waals surface area contributed by atoms with Crippen LogP contribution in [0.2, 0.25) is 0 Å². The maximum Gasteiger partial charge on any atom is 0.317 e. The summed E-state index contributed by atoms with van der Waals surface area (Å²) in [5, 5.41) is 25.1. The van der Waals surface area contributed by atoms with Gasteiger partial charge in [0.25, 0.3) is 0 Å². The number of pyridine rings is 1. The fraction of sp³-hybridized carbons (Fsp3) is 0.200. The maximum atomic E-state index is 10.6. The average Bonchev–Trinajstić information content (AvgIpc) is 3.35. The first-order chi connectivity index (χ1) is 16.8. The molecule has 0 bridgehead atoms. The van der Waals surface area contributed by atoms with Crippen LogP contribution in [0.5, 0.6) is 0 Å². The number of carbonyl (C=O) groups is 1. The van der Waals surface area contributed by atoms with Gasteiger partial charge in [0, 0.05) is 29.9 Å². The fourth-order valence-electron chi connectivity index (χ4n) is 3.34. The molecule has 4 rings (SSSR count). The van der Waals surface area contributed by atoms with Gasteiger partial charge in [-0.3, -0.25) is 9.78 Å². The summed E-state index contributed by atoms with van der Waals surface area (Å²) in [5.41, 5.74) is 9.99. The number of rotatable bonds is 8. The Kier molecular flexibility index (Phi) is 6.53. The van der Waals surface area contributed by atoms with Crippen molar-refractivity contribution in [3.8, 4) is 40.0 Å². The van der Waals surface area contributed by atoms with E-state index in [4.69, 9.17) is 15.4 Å². The third kappa shape index (κ3) is 5.31. The van der Waals surface area contributed by atoms with Crippen LogP contribution in [0, 0.1) is 11.3 Å². The maximum absolute atomic E-state index is 10.6. The molecule has 0 aliphatic heterocycles. The molecule has 0 amide bonds. The van der Waals surface area contributed by atoms with Crippen molar-refractivity contribution in [2.45, 2.75) is 25.8 Å². The topological polar surface area (TPSA) is 164 Å². The van der Waals surface area contributed by atoms with Crippen LogP contribution < -0.4 is 11.1 Å². The molecule has 35 heavy (non-hydrogen) atoms. The second-order valence-electron chi connectivity index (χ2n) is 8.43. The SMILES string of the molecule is CC(C)(C#N)c1cc(-c2cnc(N)c(-c3cc(-c4ccc(CNCC(=O)O)cc4)no3)n2)ccn1. The number of nitrogen functional groups attached to an aromatic ring is 1. The van der Waals surface area contributed by atoms with E-state index >= 15 is 0 Å². The Morgan fingerprint density at radius 2 is 1.91 bits per heavy atom. The average molecular weight is 470 g/mol. The van der Waals surface area contributed by atoms with E-state index in [0.717, 1.165) is 16.7 Å². The molecule has 176 valence electrons. The number of aromatic nitrogens is 4. The van der Waals surface area contributed by atoms with Gasteiger partial charge in [0.05, 0.1) is 35.6 Å². The molecule has 10 nitrogen and oxygen atoms in total. The highest BCUT2D eigenvalue weighted by Crippen LogP contribution is 2.30. The minimum absolute atomic E-state index is 0.104. The van der Waals surface area contributed by atoms with Gasteiger partial charge in [-0.05, 0) is 31.5 Å². The van der Waals surface area contributed by atoms with E-state index in [1.165, 1.54) is 0 Å². The zero-order chi connectivity index (χ0) is 25.0. The summed E-state index contributed by atoms with van der Waals surface area (Å²) < 4.78 is 5.53. The molecule has 0 fully saturated rings. The van der Waals surface area contributed by atoms with E-state index in [1.807, 2.05) is 30.3 Å². The van der Waals surface area contributed by atoms with E-state index in [0.29, 0.717) is 35.1 Å². The van der Waals surface area contributed by atoms with Crippen LogP contribution in [0.1, 0.15) is 25.1 Å². The molecule has 10 heteroatoms. The molecule has 4 aromatic rings. The third-order valence-electron chi connectivity index (χ3n) is 5.37. The number of nitrogens with zero attached hydrogens (tertiary/aromatic N) is 5. The number of hydrogen-bond acceptors (Lipinski definition) is 9. The van der Waals surface area contributed by atoms with Crippen LogP contribution in [-0.2, 0) is 16.8 Å². The molecule has 0 saturated heterocycles. The zero-order valence-corrected chi connectivity index (χ0v) is 19.2.